The lowest BCUT2D eigenvalue weighted by Crippen LogP contribution is -2.31. The van der Waals surface area contributed by atoms with Gasteiger partial charge in [-0.05, 0) is 35.7 Å². The van der Waals surface area contributed by atoms with Crippen LogP contribution in [0.2, 0.25) is 0 Å². The molecule has 0 saturated heterocycles. The van der Waals surface area contributed by atoms with Crippen LogP contribution in [0.25, 0.3) is 32.4 Å². The van der Waals surface area contributed by atoms with Gasteiger partial charge in [-0.25, -0.2) is 9.78 Å². The number of benzene rings is 2. The van der Waals surface area contributed by atoms with E-state index < -0.39 is 5.76 Å². The second-order valence-electron chi connectivity index (χ2n) is 6.96. The summed E-state index contributed by atoms with van der Waals surface area (Å²) < 4.78 is 5.13. The fourth-order valence-electron chi connectivity index (χ4n) is 3.46. The molecule has 0 aliphatic carbocycles. The lowest BCUT2D eigenvalue weighted by atomic mass is 10.1. The molecule has 0 fully saturated rings. The van der Waals surface area contributed by atoms with Crippen LogP contribution < -0.4 is 16.8 Å². The van der Waals surface area contributed by atoms with E-state index in [1.165, 1.54) is 22.3 Å². The van der Waals surface area contributed by atoms with E-state index in [4.69, 9.17) is 10.2 Å². The lowest BCUT2D eigenvalue weighted by Gasteiger charge is -2.11. The zero-order chi connectivity index (χ0) is 19.8. The second-order valence-corrected chi connectivity index (χ2v) is 7.99. The minimum Gasteiger partial charge on any atom is -0.408 e. The van der Waals surface area contributed by atoms with E-state index in [1.807, 2.05) is 42.7 Å². The van der Waals surface area contributed by atoms with Crippen LogP contribution in [-0.2, 0) is 6.42 Å². The Bertz CT molecular complexity index is 1350. The van der Waals surface area contributed by atoms with Crippen LogP contribution in [0.4, 0.5) is 5.13 Å². The molecular formula is C21H19N5O2S. The van der Waals surface area contributed by atoms with Crippen LogP contribution in [0.5, 0.6) is 0 Å². The first-order valence-corrected chi connectivity index (χ1v) is 10.1. The Morgan fingerprint density at radius 1 is 1.21 bits per heavy atom. The van der Waals surface area contributed by atoms with Crippen molar-refractivity contribution in [2.45, 2.75) is 12.5 Å². The van der Waals surface area contributed by atoms with Gasteiger partial charge in [0.25, 0.3) is 0 Å². The van der Waals surface area contributed by atoms with Gasteiger partial charge < -0.3 is 20.5 Å². The van der Waals surface area contributed by atoms with E-state index in [0.29, 0.717) is 17.6 Å². The number of anilines is 1. The summed E-state index contributed by atoms with van der Waals surface area (Å²) in [7, 11) is 0. The lowest BCUT2D eigenvalue weighted by molar-refractivity contribution is 0.555. The number of thiazole rings is 1. The highest BCUT2D eigenvalue weighted by Gasteiger charge is 2.11. The average molecular weight is 405 g/mol. The summed E-state index contributed by atoms with van der Waals surface area (Å²) in [5.74, 6) is -0.451. The molecule has 146 valence electrons. The molecule has 5 aromatic rings. The maximum Gasteiger partial charge on any atom is 0.417 e. The molecule has 29 heavy (non-hydrogen) atoms. The quantitative estimate of drug-likeness (QED) is 0.344. The summed E-state index contributed by atoms with van der Waals surface area (Å²) in [6.07, 6.45) is 4.62. The molecule has 8 heteroatoms. The Hall–Kier alpha value is -3.36. The van der Waals surface area contributed by atoms with Crippen molar-refractivity contribution < 1.29 is 4.42 Å². The van der Waals surface area contributed by atoms with Gasteiger partial charge in [-0.2, -0.15) is 0 Å². The standard InChI is InChI=1S/C21H19N5O2S/c22-14(7-13-9-23-16-4-2-1-3-15(13)16)10-24-20-25-11-19(29-20)12-5-6-17-18(8-12)28-21(27)26-17/h1-6,8-9,11,14,23H,7,10,22H2,(H,24,25)(H,26,27)/t14-/m0/s1. The molecule has 3 aromatic heterocycles. The molecule has 5 N–H and O–H groups in total. The van der Waals surface area contributed by atoms with Gasteiger partial charge in [0.05, 0.1) is 10.4 Å². The highest BCUT2D eigenvalue weighted by molar-refractivity contribution is 7.18. The number of nitrogens with two attached hydrogens (primary N) is 1. The Morgan fingerprint density at radius 3 is 3.03 bits per heavy atom. The highest BCUT2D eigenvalue weighted by atomic mass is 32.1. The zero-order valence-electron chi connectivity index (χ0n) is 15.4. The Balaban J connectivity index is 1.25. The maximum absolute atomic E-state index is 11.3. The van der Waals surface area contributed by atoms with Crippen molar-refractivity contribution in [1.29, 1.82) is 0 Å². The third-order valence-corrected chi connectivity index (χ3v) is 5.89. The van der Waals surface area contributed by atoms with Crippen LogP contribution in [0.3, 0.4) is 0 Å². The first-order chi connectivity index (χ1) is 14.2. The largest absolute Gasteiger partial charge is 0.417 e. The van der Waals surface area contributed by atoms with Gasteiger partial charge in [0, 0.05) is 35.9 Å². The van der Waals surface area contributed by atoms with Crippen LogP contribution in [0, 0.1) is 0 Å². The monoisotopic (exact) mass is 405 g/mol. The van der Waals surface area contributed by atoms with Gasteiger partial charge in [-0.15, -0.1) is 0 Å². The molecule has 1 atom stereocenters. The van der Waals surface area contributed by atoms with E-state index in [1.54, 1.807) is 0 Å². The van der Waals surface area contributed by atoms with Crippen molar-refractivity contribution in [2.24, 2.45) is 5.73 Å². The molecule has 0 spiro atoms. The zero-order valence-corrected chi connectivity index (χ0v) is 16.3. The van der Waals surface area contributed by atoms with E-state index in [-0.39, 0.29) is 6.04 Å². The molecule has 0 aliphatic rings. The normalized spacial score (nSPS) is 12.6. The van der Waals surface area contributed by atoms with Gasteiger partial charge in [-0.1, -0.05) is 35.6 Å². The molecule has 0 bridgehead atoms. The van der Waals surface area contributed by atoms with E-state index in [0.717, 1.165) is 27.5 Å². The molecule has 0 unspecified atom stereocenters. The predicted octanol–water partition coefficient (Wildman–Crippen LogP) is 3.71. The average Bonchev–Trinajstić information content (AvgIpc) is 3.44. The number of fused-ring (bicyclic) bond motifs is 2. The Morgan fingerprint density at radius 2 is 2.10 bits per heavy atom. The first kappa shape index (κ1) is 17.7. The number of hydrogen-bond acceptors (Lipinski definition) is 6. The number of H-pyrrole nitrogens is 2. The third-order valence-electron chi connectivity index (χ3n) is 4.88. The van der Waals surface area contributed by atoms with E-state index in [2.05, 4.69) is 32.4 Å². The van der Waals surface area contributed by atoms with Crippen molar-refractivity contribution in [1.82, 2.24) is 15.0 Å². The van der Waals surface area contributed by atoms with Crippen LogP contribution in [-0.4, -0.2) is 27.5 Å². The van der Waals surface area contributed by atoms with Gasteiger partial charge in [0.15, 0.2) is 10.7 Å². The van der Waals surface area contributed by atoms with Crippen molar-refractivity contribution >= 4 is 38.5 Å². The number of aromatic nitrogens is 3. The highest BCUT2D eigenvalue weighted by Crippen LogP contribution is 2.30. The predicted molar refractivity (Wildman–Crippen MR) is 116 cm³/mol. The van der Waals surface area contributed by atoms with Crippen molar-refractivity contribution in [3.8, 4) is 10.4 Å². The van der Waals surface area contributed by atoms with Gasteiger partial charge >= 0.3 is 5.76 Å². The first-order valence-electron chi connectivity index (χ1n) is 9.29. The van der Waals surface area contributed by atoms with Gasteiger partial charge in [0.2, 0.25) is 0 Å². The maximum atomic E-state index is 11.3. The molecule has 0 amide bonds. The van der Waals surface area contributed by atoms with Gasteiger partial charge in [-0.3, -0.25) is 4.98 Å². The molecule has 3 heterocycles. The van der Waals surface area contributed by atoms with Crippen LogP contribution in [0.15, 0.2) is 64.1 Å². The number of aromatic amines is 2. The summed E-state index contributed by atoms with van der Waals surface area (Å²) >= 11 is 1.54. The summed E-state index contributed by atoms with van der Waals surface area (Å²) in [4.78, 5) is 22.7. The second kappa shape index (κ2) is 7.23. The fraction of sp³-hybridized carbons (Fsp3) is 0.143. The van der Waals surface area contributed by atoms with Crippen molar-refractivity contribution in [3.63, 3.8) is 0 Å². The Labute approximate surface area is 169 Å². The molecular weight excluding hydrogens is 386 g/mol. The number of para-hydroxylation sites is 1. The summed E-state index contributed by atoms with van der Waals surface area (Å²) in [6, 6.07) is 13.8. The number of nitrogens with zero attached hydrogens (tertiary/aromatic N) is 1. The van der Waals surface area contributed by atoms with E-state index >= 15 is 0 Å². The summed E-state index contributed by atoms with van der Waals surface area (Å²) in [5, 5.41) is 5.35. The minimum absolute atomic E-state index is 0.0352. The fourth-order valence-corrected chi connectivity index (χ4v) is 4.28. The summed E-state index contributed by atoms with van der Waals surface area (Å²) in [6.45, 7) is 0.623. The molecule has 0 radical (unpaired) electrons. The van der Waals surface area contributed by atoms with Gasteiger partial charge in [0.1, 0.15) is 0 Å². The van der Waals surface area contributed by atoms with Crippen molar-refractivity contribution in [2.75, 3.05) is 11.9 Å². The van der Waals surface area contributed by atoms with Crippen LogP contribution in [0.1, 0.15) is 5.56 Å². The number of nitrogens with one attached hydrogen (secondary N) is 3. The molecule has 0 saturated carbocycles. The summed E-state index contributed by atoms with van der Waals surface area (Å²) in [5.41, 5.74) is 10.9. The molecule has 0 aliphatic heterocycles. The number of hydrogen-bond donors (Lipinski definition) is 4. The molecule has 2 aromatic carbocycles. The molecule has 7 nitrogen and oxygen atoms in total. The Kier molecular flexibility index (Phi) is 4.42. The van der Waals surface area contributed by atoms with Crippen molar-refractivity contribution in [3.05, 3.63) is 71.0 Å². The van der Waals surface area contributed by atoms with E-state index in [9.17, 15) is 4.79 Å². The third kappa shape index (κ3) is 3.55. The SMILES string of the molecule is N[C@H](CNc1ncc(-c2ccc3[nH]c(=O)oc3c2)s1)Cc1c[nH]c2ccccc12. The molecule has 5 rings (SSSR count). The number of oxazole rings is 1. The smallest absolute Gasteiger partial charge is 0.408 e. The minimum atomic E-state index is -0.451. The topological polar surface area (TPSA) is 113 Å². The number of rotatable bonds is 6. The van der Waals surface area contributed by atoms with Crippen LogP contribution >= 0.6 is 11.3 Å².